The molecule has 90 valence electrons. The monoisotopic (exact) mass is 294 g/mol. The average Bonchev–Trinajstić information content (AvgIpc) is 2.26. The molecule has 0 aliphatic carbocycles. The van der Waals surface area contributed by atoms with Crippen molar-refractivity contribution in [2.75, 3.05) is 19.6 Å². The van der Waals surface area contributed by atoms with Crippen LogP contribution in [0.2, 0.25) is 0 Å². The number of nitrogens with zero attached hydrogens (tertiary/aromatic N) is 1. The molecule has 0 atom stereocenters. The van der Waals surface area contributed by atoms with Crippen LogP contribution in [-0.4, -0.2) is 30.4 Å². The number of carbonyl (C=O) groups is 1. The molecule has 1 aromatic rings. The summed E-state index contributed by atoms with van der Waals surface area (Å²) in [7, 11) is 0. The maximum Gasteiger partial charge on any atom is 0.228 e. The second-order valence-electron chi connectivity index (χ2n) is 4.74. The number of benzene rings is 1. The van der Waals surface area contributed by atoms with Gasteiger partial charge in [0.25, 0.3) is 0 Å². The van der Waals surface area contributed by atoms with Gasteiger partial charge in [-0.2, -0.15) is 0 Å². The van der Waals surface area contributed by atoms with Gasteiger partial charge >= 0.3 is 0 Å². The van der Waals surface area contributed by atoms with Gasteiger partial charge in [0.2, 0.25) is 5.91 Å². The number of hydrogen-bond donors (Lipinski definition) is 1. The van der Waals surface area contributed by atoms with E-state index >= 15 is 0 Å². The van der Waals surface area contributed by atoms with Crippen molar-refractivity contribution in [3.05, 3.63) is 33.8 Å². The summed E-state index contributed by atoms with van der Waals surface area (Å²) in [6.45, 7) is 3.32. The molecule has 3 rings (SSSR count). The molecule has 17 heavy (non-hydrogen) atoms. The normalized spacial score (nSPS) is 19.7. The number of amides is 1. The van der Waals surface area contributed by atoms with Gasteiger partial charge < -0.3 is 10.2 Å². The molecule has 0 radical (unpaired) electrons. The zero-order valence-electron chi connectivity index (χ0n) is 9.58. The predicted octanol–water partition coefficient (Wildman–Crippen LogP) is 1.55. The minimum Gasteiger partial charge on any atom is -0.338 e. The van der Waals surface area contributed by atoms with Crippen LogP contribution < -0.4 is 5.32 Å². The molecule has 0 spiro atoms. The van der Waals surface area contributed by atoms with Crippen LogP contribution in [0.4, 0.5) is 0 Å². The lowest BCUT2D eigenvalue weighted by Crippen LogP contribution is -2.52. The first-order valence-corrected chi connectivity index (χ1v) is 6.81. The number of hydrogen-bond acceptors (Lipinski definition) is 2. The summed E-state index contributed by atoms with van der Waals surface area (Å²) in [6, 6.07) is 6.24. The molecule has 0 unspecified atom stereocenters. The molecule has 0 saturated carbocycles. The highest BCUT2D eigenvalue weighted by atomic mass is 79.9. The van der Waals surface area contributed by atoms with E-state index in [1.807, 2.05) is 11.0 Å². The average molecular weight is 295 g/mol. The first kappa shape index (κ1) is 11.2. The van der Waals surface area contributed by atoms with Gasteiger partial charge in [0.05, 0.1) is 5.92 Å². The van der Waals surface area contributed by atoms with Crippen molar-refractivity contribution >= 4 is 21.8 Å². The third-order valence-corrected chi connectivity index (χ3v) is 4.39. The first-order valence-electron chi connectivity index (χ1n) is 6.01. The fraction of sp³-hybridized carbons (Fsp3) is 0.462. The van der Waals surface area contributed by atoms with Crippen LogP contribution in [-0.2, 0) is 17.8 Å². The van der Waals surface area contributed by atoms with E-state index in [4.69, 9.17) is 0 Å². The smallest absolute Gasteiger partial charge is 0.228 e. The molecule has 1 aromatic carbocycles. The molecule has 2 heterocycles. The fourth-order valence-corrected chi connectivity index (χ4v) is 3.08. The summed E-state index contributed by atoms with van der Waals surface area (Å²) in [5.41, 5.74) is 2.65. The van der Waals surface area contributed by atoms with E-state index in [0.29, 0.717) is 5.91 Å². The highest BCUT2D eigenvalue weighted by Crippen LogP contribution is 2.27. The Kier molecular flexibility index (Phi) is 2.92. The van der Waals surface area contributed by atoms with Crippen molar-refractivity contribution in [3.8, 4) is 0 Å². The number of nitrogens with one attached hydrogen (secondary N) is 1. The number of halogens is 1. The van der Waals surface area contributed by atoms with Gasteiger partial charge in [-0.3, -0.25) is 4.79 Å². The van der Waals surface area contributed by atoms with E-state index in [1.165, 1.54) is 15.6 Å². The number of carbonyl (C=O) groups excluding carboxylic acids is 1. The Morgan fingerprint density at radius 1 is 1.41 bits per heavy atom. The van der Waals surface area contributed by atoms with E-state index < -0.39 is 0 Å². The summed E-state index contributed by atoms with van der Waals surface area (Å²) in [5, 5.41) is 3.15. The van der Waals surface area contributed by atoms with E-state index in [-0.39, 0.29) is 5.92 Å². The van der Waals surface area contributed by atoms with Gasteiger partial charge in [-0.15, -0.1) is 0 Å². The zero-order chi connectivity index (χ0) is 11.8. The molecule has 1 fully saturated rings. The minimum absolute atomic E-state index is 0.212. The molecule has 0 bridgehead atoms. The first-order chi connectivity index (χ1) is 8.25. The van der Waals surface area contributed by atoms with E-state index in [0.717, 1.165) is 32.6 Å². The van der Waals surface area contributed by atoms with E-state index in [9.17, 15) is 4.79 Å². The van der Waals surface area contributed by atoms with Crippen molar-refractivity contribution in [3.63, 3.8) is 0 Å². The summed E-state index contributed by atoms with van der Waals surface area (Å²) in [5.74, 6) is 0.526. The third-order valence-electron chi connectivity index (χ3n) is 3.65. The molecular weight excluding hydrogens is 280 g/mol. The SMILES string of the molecule is O=C(C1CNC1)N1CCc2c(Br)cccc2C1. The summed E-state index contributed by atoms with van der Waals surface area (Å²) >= 11 is 3.58. The van der Waals surface area contributed by atoms with Crippen molar-refractivity contribution in [2.24, 2.45) is 5.92 Å². The Bertz CT molecular complexity index is 457. The van der Waals surface area contributed by atoms with Gasteiger partial charge in [0.1, 0.15) is 0 Å². The zero-order valence-corrected chi connectivity index (χ0v) is 11.2. The van der Waals surface area contributed by atoms with Gasteiger partial charge in [-0.1, -0.05) is 28.1 Å². The summed E-state index contributed by atoms with van der Waals surface area (Å²) in [6.07, 6.45) is 0.961. The molecular formula is C13H15BrN2O. The van der Waals surface area contributed by atoms with Crippen LogP contribution in [0.5, 0.6) is 0 Å². The van der Waals surface area contributed by atoms with Crippen LogP contribution >= 0.6 is 15.9 Å². The fourth-order valence-electron chi connectivity index (χ4n) is 2.47. The number of rotatable bonds is 1. The lowest BCUT2D eigenvalue weighted by molar-refractivity contribution is -0.138. The highest BCUT2D eigenvalue weighted by molar-refractivity contribution is 9.10. The highest BCUT2D eigenvalue weighted by Gasteiger charge is 2.31. The molecule has 1 amide bonds. The second kappa shape index (κ2) is 4.42. The van der Waals surface area contributed by atoms with Crippen LogP contribution in [0, 0.1) is 5.92 Å². The van der Waals surface area contributed by atoms with Crippen LogP contribution in [0.25, 0.3) is 0 Å². The number of fused-ring (bicyclic) bond motifs is 1. The summed E-state index contributed by atoms with van der Waals surface area (Å²) < 4.78 is 1.17. The van der Waals surface area contributed by atoms with Crippen LogP contribution in [0.1, 0.15) is 11.1 Å². The molecule has 1 saturated heterocycles. The molecule has 1 N–H and O–H groups in total. The molecule has 3 nitrogen and oxygen atoms in total. The standard InChI is InChI=1S/C13H15BrN2O/c14-12-3-1-2-9-8-16(5-4-11(9)12)13(17)10-6-15-7-10/h1-3,10,15H,4-8H2. The second-order valence-corrected chi connectivity index (χ2v) is 5.60. The molecule has 2 aliphatic heterocycles. The summed E-state index contributed by atoms with van der Waals surface area (Å²) in [4.78, 5) is 14.1. The van der Waals surface area contributed by atoms with Crippen LogP contribution in [0.15, 0.2) is 22.7 Å². The molecule has 4 heteroatoms. The molecule has 0 aromatic heterocycles. The Hall–Kier alpha value is -0.870. The lowest BCUT2D eigenvalue weighted by atomic mass is 9.96. The van der Waals surface area contributed by atoms with Gasteiger partial charge in [0, 0.05) is 30.7 Å². The van der Waals surface area contributed by atoms with Crippen molar-refractivity contribution in [2.45, 2.75) is 13.0 Å². The minimum atomic E-state index is 0.212. The maximum atomic E-state index is 12.1. The van der Waals surface area contributed by atoms with E-state index in [1.54, 1.807) is 0 Å². The van der Waals surface area contributed by atoms with Crippen molar-refractivity contribution in [1.82, 2.24) is 10.2 Å². The predicted molar refractivity (Wildman–Crippen MR) is 69.6 cm³/mol. The maximum absolute atomic E-state index is 12.1. The Labute approximate surface area is 109 Å². The largest absolute Gasteiger partial charge is 0.338 e. The van der Waals surface area contributed by atoms with Crippen molar-refractivity contribution in [1.29, 1.82) is 0 Å². The van der Waals surface area contributed by atoms with Gasteiger partial charge in [-0.05, 0) is 23.6 Å². The lowest BCUT2D eigenvalue weighted by Gasteiger charge is -2.35. The van der Waals surface area contributed by atoms with E-state index in [2.05, 4.69) is 33.4 Å². The van der Waals surface area contributed by atoms with Gasteiger partial charge in [0.15, 0.2) is 0 Å². The third kappa shape index (κ3) is 2.00. The van der Waals surface area contributed by atoms with Crippen molar-refractivity contribution < 1.29 is 4.79 Å². The topological polar surface area (TPSA) is 32.3 Å². The van der Waals surface area contributed by atoms with Gasteiger partial charge in [-0.25, -0.2) is 0 Å². The Morgan fingerprint density at radius 2 is 2.24 bits per heavy atom. The molecule has 2 aliphatic rings. The Morgan fingerprint density at radius 3 is 2.94 bits per heavy atom. The van der Waals surface area contributed by atoms with Crippen LogP contribution in [0.3, 0.4) is 0 Å². The Balaban J connectivity index is 1.78. The quantitative estimate of drug-likeness (QED) is 0.852.